The lowest BCUT2D eigenvalue weighted by Gasteiger charge is -2.36. The van der Waals surface area contributed by atoms with Crippen molar-refractivity contribution in [2.45, 2.75) is 4.90 Å². The minimum atomic E-state index is 0.134. The summed E-state index contributed by atoms with van der Waals surface area (Å²) in [6.45, 7) is 7.02. The van der Waals surface area contributed by atoms with Crippen molar-refractivity contribution in [3.05, 3.63) is 72.8 Å². The molecule has 0 spiro atoms. The second-order valence-electron chi connectivity index (χ2n) is 5.71. The third-order valence-corrected chi connectivity index (χ3v) is 5.23. The number of carbonyl (C=O) groups is 1. The van der Waals surface area contributed by atoms with E-state index in [1.54, 1.807) is 11.8 Å². The molecule has 0 saturated carbocycles. The predicted molar refractivity (Wildman–Crippen MR) is 102 cm³/mol. The summed E-state index contributed by atoms with van der Waals surface area (Å²) in [5, 5.41) is 0. The molecule has 24 heavy (non-hydrogen) atoms. The van der Waals surface area contributed by atoms with Gasteiger partial charge in [-0.1, -0.05) is 36.4 Å². The Labute approximate surface area is 148 Å². The summed E-state index contributed by atoms with van der Waals surface area (Å²) < 4.78 is 0. The predicted octanol–water partition coefficient (Wildman–Crippen LogP) is 3.93. The van der Waals surface area contributed by atoms with E-state index in [0.717, 1.165) is 42.4 Å². The third kappa shape index (κ3) is 3.82. The smallest absolute Gasteiger partial charge is 0.255 e. The normalized spacial score (nSPS) is 14.5. The molecule has 2 aromatic carbocycles. The molecule has 0 aliphatic carbocycles. The summed E-state index contributed by atoms with van der Waals surface area (Å²) in [7, 11) is 0. The number of carbonyl (C=O) groups excluding carboxylic acids is 1. The second kappa shape index (κ2) is 8.06. The summed E-state index contributed by atoms with van der Waals surface area (Å²) in [4.78, 5) is 18.2. The Balaban J connectivity index is 1.66. The fourth-order valence-corrected chi connectivity index (χ4v) is 3.68. The zero-order valence-electron chi connectivity index (χ0n) is 13.7. The highest BCUT2D eigenvalue weighted by molar-refractivity contribution is 7.99. The Morgan fingerprint density at radius 3 is 2.38 bits per heavy atom. The molecule has 3 nitrogen and oxygen atoms in total. The number of benzene rings is 2. The first-order valence-electron chi connectivity index (χ1n) is 8.21. The van der Waals surface area contributed by atoms with Crippen LogP contribution in [0.5, 0.6) is 0 Å². The average Bonchev–Trinajstić information content (AvgIpc) is 2.67. The van der Waals surface area contributed by atoms with Crippen LogP contribution in [0.4, 0.5) is 5.69 Å². The molecule has 0 radical (unpaired) electrons. The van der Waals surface area contributed by atoms with Gasteiger partial charge in [-0.3, -0.25) is 4.79 Å². The average molecular weight is 338 g/mol. The molecule has 0 bridgehead atoms. The molecule has 0 N–H and O–H groups in total. The van der Waals surface area contributed by atoms with Crippen molar-refractivity contribution in [2.75, 3.05) is 36.8 Å². The van der Waals surface area contributed by atoms with Crippen molar-refractivity contribution in [1.29, 1.82) is 0 Å². The van der Waals surface area contributed by atoms with E-state index < -0.39 is 0 Å². The van der Waals surface area contributed by atoms with E-state index in [2.05, 4.69) is 35.7 Å². The standard InChI is InChI=1S/C20H22N2OS/c1-2-16-24-19-11-7-6-10-18(19)20(23)22-14-12-21(13-15-22)17-8-4-3-5-9-17/h2-11H,1,12-16H2. The van der Waals surface area contributed by atoms with E-state index in [-0.39, 0.29) is 5.91 Å². The molecule has 0 aromatic heterocycles. The van der Waals surface area contributed by atoms with Gasteiger partial charge in [-0.05, 0) is 24.3 Å². The molecule has 1 aliphatic rings. The van der Waals surface area contributed by atoms with Gasteiger partial charge in [0, 0.05) is 42.5 Å². The SMILES string of the molecule is C=CCSc1ccccc1C(=O)N1CCN(c2ccccc2)CC1. The van der Waals surface area contributed by atoms with Crippen molar-refractivity contribution < 1.29 is 4.79 Å². The largest absolute Gasteiger partial charge is 0.368 e. The van der Waals surface area contributed by atoms with Gasteiger partial charge in [0.25, 0.3) is 5.91 Å². The number of nitrogens with zero attached hydrogens (tertiary/aromatic N) is 2. The topological polar surface area (TPSA) is 23.6 Å². The monoisotopic (exact) mass is 338 g/mol. The Morgan fingerprint density at radius 1 is 1.00 bits per heavy atom. The zero-order valence-corrected chi connectivity index (χ0v) is 14.5. The minimum absolute atomic E-state index is 0.134. The van der Waals surface area contributed by atoms with Gasteiger partial charge in [0.15, 0.2) is 0 Å². The van der Waals surface area contributed by atoms with Gasteiger partial charge in [0.05, 0.1) is 5.56 Å². The highest BCUT2D eigenvalue weighted by Crippen LogP contribution is 2.25. The van der Waals surface area contributed by atoms with Crippen LogP contribution in [0.1, 0.15) is 10.4 Å². The number of thioether (sulfide) groups is 1. The maximum absolute atomic E-state index is 12.9. The Hall–Kier alpha value is -2.20. The molecule has 124 valence electrons. The second-order valence-corrected chi connectivity index (χ2v) is 6.77. The van der Waals surface area contributed by atoms with Crippen LogP contribution in [0, 0.1) is 0 Å². The highest BCUT2D eigenvalue weighted by atomic mass is 32.2. The summed E-state index contributed by atoms with van der Waals surface area (Å²) >= 11 is 1.66. The minimum Gasteiger partial charge on any atom is -0.368 e. The first-order chi connectivity index (χ1) is 11.8. The van der Waals surface area contributed by atoms with Gasteiger partial charge in [-0.2, -0.15) is 0 Å². The Bertz CT molecular complexity index is 694. The molecule has 1 saturated heterocycles. The molecule has 1 amide bonds. The fraction of sp³-hybridized carbons (Fsp3) is 0.250. The molecule has 1 aliphatic heterocycles. The summed E-state index contributed by atoms with van der Waals surface area (Å²) in [6.07, 6.45) is 1.87. The van der Waals surface area contributed by atoms with Gasteiger partial charge in [0.1, 0.15) is 0 Å². The third-order valence-electron chi connectivity index (χ3n) is 4.16. The van der Waals surface area contributed by atoms with Gasteiger partial charge >= 0.3 is 0 Å². The maximum atomic E-state index is 12.9. The highest BCUT2D eigenvalue weighted by Gasteiger charge is 2.23. The van der Waals surface area contributed by atoms with E-state index in [1.165, 1.54) is 5.69 Å². The van der Waals surface area contributed by atoms with Crippen molar-refractivity contribution in [3.63, 3.8) is 0 Å². The fourth-order valence-electron chi connectivity index (χ4n) is 2.89. The van der Waals surface area contributed by atoms with E-state index in [1.807, 2.05) is 41.3 Å². The summed E-state index contributed by atoms with van der Waals surface area (Å²) in [5.74, 6) is 0.946. The number of piperazine rings is 1. The molecule has 4 heteroatoms. The number of anilines is 1. The quantitative estimate of drug-likeness (QED) is 0.610. The number of hydrogen-bond donors (Lipinski definition) is 0. The van der Waals surface area contributed by atoms with Gasteiger partial charge in [0.2, 0.25) is 0 Å². The lowest BCUT2D eigenvalue weighted by atomic mass is 10.1. The van der Waals surface area contributed by atoms with Crippen LogP contribution in [0.3, 0.4) is 0 Å². The van der Waals surface area contributed by atoms with Crippen molar-refractivity contribution in [2.24, 2.45) is 0 Å². The first kappa shape index (κ1) is 16.7. The molecule has 0 unspecified atom stereocenters. The number of hydrogen-bond acceptors (Lipinski definition) is 3. The van der Waals surface area contributed by atoms with Crippen LogP contribution < -0.4 is 4.90 Å². The summed E-state index contributed by atoms with van der Waals surface area (Å²) in [6, 6.07) is 18.2. The van der Waals surface area contributed by atoms with E-state index in [9.17, 15) is 4.79 Å². The van der Waals surface area contributed by atoms with Crippen molar-refractivity contribution in [3.8, 4) is 0 Å². The van der Waals surface area contributed by atoms with Gasteiger partial charge in [-0.15, -0.1) is 18.3 Å². The van der Waals surface area contributed by atoms with E-state index in [4.69, 9.17) is 0 Å². The van der Waals surface area contributed by atoms with Gasteiger partial charge < -0.3 is 9.80 Å². The van der Waals surface area contributed by atoms with Crippen molar-refractivity contribution in [1.82, 2.24) is 4.90 Å². The maximum Gasteiger partial charge on any atom is 0.255 e. The van der Waals surface area contributed by atoms with Crippen LogP contribution in [-0.4, -0.2) is 42.7 Å². The van der Waals surface area contributed by atoms with Crippen LogP contribution >= 0.6 is 11.8 Å². The molecule has 2 aromatic rings. The summed E-state index contributed by atoms with van der Waals surface area (Å²) in [5.41, 5.74) is 2.03. The van der Waals surface area contributed by atoms with Crippen LogP contribution in [0.25, 0.3) is 0 Å². The Kier molecular flexibility index (Phi) is 5.59. The van der Waals surface area contributed by atoms with Gasteiger partial charge in [-0.25, -0.2) is 0 Å². The van der Waals surface area contributed by atoms with Crippen LogP contribution in [0.2, 0.25) is 0 Å². The number of para-hydroxylation sites is 1. The lowest BCUT2D eigenvalue weighted by Crippen LogP contribution is -2.48. The van der Waals surface area contributed by atoms with E-state index >= 15 is 0 Å². The van der Waals surface area contributed by atoms with Crippen LogP contribution in [-0.2, 0) is 0 Å². The molecule has 1 fully saturated rings. The first-order valence-corrected chi connectivity index (χ1v) is 9.20. The molecule has 1 heterocycles. The molecule has 3 rings (SSSR count). The zero-order chi connectivity index (χ0) is 16.8. The number of rotatable bonds is 5. The van der Waals surface area contributed by atoms with E-state index in [0.29, 0.717) is 0 Å². The molecular weight excluding hydrogens is 316 g/mol. The molecule has 0 atom stereocenters. The number of amides is 1. The Morgan fingerprint density at radius 2 is 1.67 bits per heavy atom. The van der Waals surface area contributed by atoms with Crippen molar-refractivity contribution >= 4 is 23.4 Å². The lowest BCUT2D eigenvalue weighted by molar-refractivity contribution is 0.0743. The molecular formula is C20H22N2OS. The van der Waals surface area contributed by atoms with Crippen LogP contribution in [0.15, 0.2) is 72.1 Å².